The maximum atomic E-state index is 12.2. The molecule has 30 heavy (non-hydrogen) atoms. The van der Waals surface area contributed by atoms with Gasteiger partial charge in [-0.2, -0.15) is 0 Å². The molecule has 0 saturated carbocycles. The molecule has 0 radical (unpaired) electrons. The fraction of sp³-hybridized carbons (Fsp3) is 0.238. The summed E-state index contributed by atoms with van der Waals surface area (Å²) in [6.07, 6.45) is 3.53. The third-order valence-electron chi connectivity index (χ3n) is 4.72. The Morgan fingerprint density at radius 2 is 2.17 bits per heavy atom. The first-order chi connectivity index (χ1) is 14.6. The first-order valence-corrected chi connectivity index (χ1v) is 11.2. The number of ether oxygens (including phenoxy) is 1. The lowest BCUT2D eigenvalue weighted by Gasteiger charge is -2.12. The fourth-order valence-corrected chi connectivity index (χ4v) is 4.57. The molecule has 0 aliphatic rings. The summed E-state index contributed by atoms with van der Waals surface area (Å²) in [6, 6.07) is 7.56. The van der Waals surface area contributed by atoms with Crippen LogP contribution < -0.4 is 10.3 Å². The predicted octanol–water partition coefficient (Wildman–Crippen LogP) is 4.02. The van der Waals surface area contributed by atoms with Gasteiger partial charge in [-0.15, -0.1) is 28.1 Å². The van der Waals surface area contributed by atoms with Gasteiger partial charge in [-0.1, -0.05) is 30.0 Å². The predicted molar refractivity (Wildman–Crippen MR) is 119 cm³/mol. The number of benzene rings is 1. The molecule has 0 aliphatic carbocycles. The van der Waals surface area contributed by atoms with E-state index in [1.54, 1.807) is 22.7 Å². The number of hydrogen-bond donors (Lipinski definition) is 0. The van der Waals surface area contributed by atoms with Crippen molar-refractivity contribution in [3.63, 3.8) is 0 Å². The highest BCUT2D eigenvalue weighted by atomic mass is 32.2. The van der Waals surface area contributed by atoms with Gasteiger partial charge in [0, 0.05) is 29.9 Å². The van der Waals surface area contributed by atoms with Crippen LogP contribution in [-0.4, -0.2) is 24.1 Å². The molecule has 0 unspecified atom stereocenters. The molecule has 0 bridgehead atoms. The zero-order chi connectivity index (χ0) is 21.1. The first kappa shape index (κ1) is 20.4. The third-order valence-corrected chi connectivity index (χ3v) is 6.48. The van der Waals surface area contributed by atoms with E-state index in [0.717, 1.165) is 22.3 Å². The fourth-order valence-electron chi connectivity index (χ4n) is 2.97. The van der Waals surface area contributed by atoms with Crippen molar-refractivity contribution in [2.75, 3.05) is 0 Å². The molecule has 3 aromatic heterocycles. The van der Waals surface area contributed by atoms with E-state index in [1.807, 2.05) is 29.0 Å². The summed E-state index contributed by atoms with van der Waals surface area (Å²) in [6.45, 7) is 8.82. The summed E-state index contributed by atoms with van der Waals surface area (Å²) in [4.78, 5) is 17.4. The van der Waals surface area contributed by atoms with Gasteiger partial charge in [0.2, 0.25) is 0 Å². The Hall–Kier alpha value is -2.91. The lowest BCUT2D eigenvalue weighted by atomic mass is 10.1. The zero-order valence-electron chi connectivity index (χ0n) is 16.7. The van der Waals surface area contributed by atoms with Crippen molar-refractivity contribution in [1.29, 1.82) is 0 Å². The first-order valence-electron chi connectivity index (χ1n) is 9.37. The lowest BCUT2D eigenvalue weighted by Crippen LogP contribution is -2.12. The van der Waals surface area contributed by atoms with Gasteiger partial charge in [0.25, 0.3) is 5.56 Å². The molecule has 3 heterocycles. The summed E-state index contributed by atoms with van der Waals surface area (Å²) in [5.41, 5.74) is 2.94. The topological polar surface area (TPSA) is 74.3 Å². The van der Waals surface area contributed by atoms with Crippen LogP contribution in [0, 0.1) is 13.8 Å². The minimum absolute atomic E-state index is 0.0768. The highest BCUT2D eigenvalue weighted by Gasteiger charge is 2.14. The van der Waals surface area contributed by atoms with Crippen LogP contribution in [0.25, 0.3) is 4.96 Å². The van der Waals surface area contributed by atoms with Gasteiger partial charge in [0.15, 0.2) is 15.9 Å². The number of hydrogen-bond acceptors (Lipinski definition) is 7. The molecular weight excluding hydrogens is 418 g/mol. The number of allylic oxidation sites excluding steroid dienone is 1. The molecule has 0 aliphatic heterocycles. The summed E-state index contributed by atoms with van der Waals surface area (Å²) in [5.74, 6) is 2.09. The molecule has 0 spiro atoms. The van der Waals surface area contributed by atoms with E-state index in [4.69, 9.17) is 4.74 Å². The van der Waals surface area contributed by atoms with Gasteiger partial charge >= 0.3 is 0 Å². The number of thiazole rings is 1. The van der Waals surface area contributed by atoms with Crippen molar-refractivity contribution in [1.82, 2.24) is 24.1 Å². The second-order valence-electron chi connectivity index (χ2n) is 6.71. The van der Waals surface area contributed by atoms with Crippen molar-refractivity contribution in [2.24, 2.45) is 0 Å². The average molecular weight is 440 g/mol. The van der Waals surface area contributed by atoms with Crippen molar-refractivity contribution in [2.45, 2.75) is 37.9 Å². The minimum Gasteiger partial charge on any atom is -0.485 e. The largest absolute Gasteiger partial charge is 0.485 e. The third kappa shape index (κ3) is 4.17. The van der Waals surface area contributed by atoms with Crippen molar-refractivity contribution in [3.8, 4) is 5.75 Å². The number of rotatable bonds is 8. The second-order valence-corrected chi connectivity index (χ2v) is 8.53. The monoisotopic (exact) mass is 439 g/mol. The molecule has 154 valence electrons. The van der Waals surface area contributed by atoms with Crippen LogP contribution in [0.3, 0.4) is 0 Å². The van der Waals surface area contributed by atoms with E-state index in [9.17, 15) is 4.79 Å². The number of aromatic nitrogens is 5. The summed E-state index contributed by atoms with van der Waals surface area (Å²) in [5, 5.41) is 11.2. The Bertz CT molecular complexity index is 1260. The highest BCUT2D eigenvalue weighted by Crippen LogP contribution is 2.24. The van der Waals surface area contributed by atoms with Gasteiger partial charge in [-0.05, 0) is 31.0 Å². The molecule has 4 rings (SSSR count). The zero-order valence-corrected chi connectivity index (χ0v) is 18.4. The average Bonchev–Trinajstić information content (AvgIpc) is 3.35. The number of aryl methyl sites for hydroxylation is 1. The lowest BCUT2D eigenvalue weighted by molar-refractivity contribution is 0.287. The molecule has 0 amide bonds. The minimum atomic E-state index is -0.0768. The molecule has 4 aromatic rings. The molecular formula is C21H21N5O2S2. The smallest absolute Gasteiger partial charge is 0.258 e. The van der Waals surface area contributed by atoms with Crippen molar-refractivity contribution >= 4 is 28.1 Å². The Morgan fingerprint density at radius 1 is 1.30 bits per heavy atom. The van der Waals surface area contributed by atoms with Gasteiger partial charge in [-0.3, -0.25) is 13.8 Å². The van der Waals surface area contributed by atoms with Gasteiger partial charge < -0.3 is 4.74 Å². The summed E-state index contributed by atoms with van der Waals surface area (Å²) in [7, 11) is 0. The van der Waals surface area contributed by atoms with Crippen LogP contribution in [0.5, 0.6) is 5.75 Å². The Kier molecular flexibility index (Phi) is 6.01. The Balaban J connectivity index is 1.50. The molecule has 0 saturated heterocycles. The van der Waals surface area contributed by atoms with Gasteiger partial charge in [0.05, 0.1) is 5.69 Å². The van der Waals surface area contributed by atoms with Crippen LogP contribution in [0.1, 0.15) is 22.6 Å². The highest BCUT2D eigenvalue weighted by molar-refractivity contribution is 7.98. The standard InChI is InChI=1S/C21H21N5O2S2/c1-4-8-25-18(12-28-17-7-5-6-14(2)15(17)3)23-24-21(25)30-13-16-11-19(27)26-9-10-29-20(26)22-16/h4-7,9-11H,1,8,12-13H2,2-3H3. The van der Waals surface area contributed by atoms with E-state index >= 15 is 0 Å². The second kappa shape index (κ2) is 8.85. The molecule has 0 fully saturated rings. The van der Waals surface area contributed by atoms with Crippen LogP contribution >= 0.6 is 23.1 Å². The van der Waals surface area contributed by atoms with E-state index in [0.29, 0.717) is 29.6 Å². The molecule has 7 nitrogen and oxygen atoms in total. The van der Waals surface area contributed by atoms with E-state index in [-0.39, 0.29) is 5.56 Å². The number of fused-ring (bicyclic) bond motifs is 1. The van der Waals surface area contributed by atoms with E-state index < -0.39 is 0 Å². The van der Waals surface area contributed by atoms with Gasteiger partial charge in [-0.25, -0.2) is 4.98 Å². The van der Waals surface area contributed by atoms with Crippen molar-refractivity contribution in [3.05, 3.63) is 81.5 Å². The van der Waals surface area contributed by atoms with Crippen LogP contribution in [-0.2, 0) is 18.9 Å². The SMILES string of the molecule is C=CCn1c(COc2cccc(C)c2C)nnc1SCc1cc(=O)n2ccsc2n1. The number of thioether (sulfide) groups is 1. The van der Waals surface area contributed by atoms with Gasteiger partial charge in [0.1, 0.15) is 12.4 Å². The normalized spacial score (nSPS) is 11.1. The maximum absolute atomic E-state index is 12.2. The van der Waals surface area contributed by atoms with E-state index in [2.05, 4.69) is 34.8 Å². The molecule has 0 N–H and O–H groups in total. The molecule has 9 heteroatoms. The Labute approximate surface area is 182 Å². The van der Waals surface area contributed by atoms with Crippen LogP contribution in [0.15, 0.2) is 58.4 Å². The molecule has 1 aromatic carbocycles. The van der Waals surface area contributed by atoms with Crippen LogP contribution in [0.4, 0.5) is 0 Å². The molecule has 0 atom stereocenters. The van der Waals surface area contributed by atoms with Crippen LogP contribution in [0.2, 0.25) is 0 Å². The summed E-state index contributed by atoms with van der Waals surface area (Å²) < 4.78 is 9.51. The maximum Gasteiger partial charge on any atom is 0.258 e. The quantitative estimate of drug-likeness (QED) is 0.305. The Morgan fingerprint density at radius 3 is 3.00 bits per heavy atom. The van der Waals surface area contributed by atoms with Crippen molar-refractivity contribution < 1.29 is 4.74 Å². The summed E-state index contributed by atoms with van der Waals surface area (Å²) >= 11 is 2.93. The number of nitrogens with zero attached hydrogens (tertiary/aromatic N) is 5. The van der Waals surface area contributed by atoms with E-state index in [1.165, 1.54) is 28.7 Å².